The van der Waals surface area contributed by atoms with Crippen LogP contribution in [-0.4, -0.2) is 33.0 Å². The van der Waals surface area contributed by atoms with Crippen LogP contribution >= 0.6 is 0 Å². The number of benzene rings is 2. The number of piperidine rings is 1. The second-order valence-electron chi connectivity index (χ2n) is 10.2. The minimum atomic E-state index is -0.678. The number of pyridine rings is 1. The topological polar surface area (TPSA) is 88.7 Å². The van der Waals surface area contributed by atoms with Gasteiger partial charge in [-0.3, -0.25) is 14.7 Å². The SMILES string of the molecule is CCc1cccc(CC)c1-c1cc(Oc2ccc(C(N)=O)c(O)c2)c(CN2[C@H](C)CCC[C@@H]2C)c(C)n1. The van der Waals surface area contributed by atoms with Gasteiger partial charge in [-0.15, -0.1) is 0 Å². The van der Waals surface area contributed by atoms with Gasteiger partial charge in [0.25, 0.3) is 5.91 Å². The number of carbonyl (C=O) groups is 1. The summed E-state index contributed by atoms with van der Waals surface area (Å²) >= 11 is 0. The van der Waals surface area contributed by atoms with Crippen LogP contribution in [0.15, 0.2) is 42.5 Å². The van der Waals surface area contributed by atoms with E-state index in [-0.39, 0.29) is 11.3 Å². The van der Waals surface area contributed by atoms with E-state index in [1.807, 2.05) is 6.07 Å². The summed E-state index contributed by atoms with van der Waals surface area (Å²) < 4.78 is 6.45. The highest BCUT2D eigenvalue weighted by Crippen LogP contribution is 2.37. The number of rotatable bonds is 8. The molecule has 3 N–H and O–H groups in total. The number of aromatic nitrogens is 1. The molecule has 0 aliphatic carbocycles. The highest BCUT2D eigenvalue weighted by atomic mass is 16.5. The van der Waals surface area contributed by atoms with Gasteiger partial charge in [-0.1, -0.05) is 38.5 Å². The van der Waals surface area contributed by atoms with Crippen molar-refractivity contribution >= 4 is 5.91 Å². The van der Waals surface area contributed by atoms with E-state index in [2.05, 4.69) is 57.7 Å². The molecule has 37 heavy (non-hydrogen) atoms. The molecule has 6 nitrogen and oxygen atoms in total. The summed E-state index contributed by atoms with van der Waals surface area (Å²) in [6.45, 7) is 11.7. The molecule has 6 heteroatoms. The Morgan fingerprint density at radius 1 is 1.08 bits per heavy atom. The third kappa shape index (κ3) is 5.64. The monoisotopic (exact) mass is 501 g/mol. The van der Waals surface area contributed by atoms with Crippen molar-refractivity contribution in [1.29, 1.82) is 0 Å². The quantitative estimate of drug-likeness (QED) is 0.366. The third-order valence-electron chi connectivity index (χ3n) is 7.72. The molecular formula is C31H39N3O3. The number of carbonyl (C=O) groups excluding carboxylic acids is 1. The Balaban J connectivity index is 1.84. The number of hydrogen-bond donors (Lipinski definition) is 2. The molecule has 4 rings (SSSR count). The number of aryl methyl sites for hydroxylation is 3. The molecule has 1 saturated heterocycles. The minimum Gasteiger partial charge on any atom is -0.507 e. The first-order chi connectivity index (χ1) is 17.7. The zero-order valence-electron chi connectivity index (χ0n) is 22.7. The normalized spacial score (nSPS) is 18.1. The van der Waals surface area contributed by atoms with Crippen molar-refractivity contribution < 1.29 is 14.6 Å². The molecule has 2 heterocycles. The van der Waals surface area contributed by atoms with Gasteiger partial charge in [0.2, 0.25) is 0 Å². The molecule has 2 aromatic carbocycles. The van der Waals surface area contributed by atoms with E-state index in [0.29, 0.717) is 23.6 Å². The predicted molar refractivity (Wildman–Crippen MR) is 148 cm³/mol. The van der Waals surface area contributed by atoms with E-state index >= 15 is 0 Å². The minimum absolute atomic E-state index is 0.0691. The highest BCUT2D eigenvalue weighted by Gasteiger charge is 2.27. The van der Waals surface area contributed by atoms with Crippen LogP contribution in [0.4, 0.5) is 0 Å². The number of nitrogens with two attached hydrogens (primary N) is 1. The summed E-state index contributed by atoms with van der Waals surface area (Å²) in [4.78, 5) is 19.3. The number of likely N-dealkylation sites (tertiary alicyclic amines) is 1. The lowest BCUT2D eigenvalue weighted by atomic mass is 9.93. The average molecular weight is 502 g/mol. The van der Waals surface area contributed by atoms with Crippen molar-refractivity contribution in [1.82, 2.24) is 9.88 Å². The van der Waals surface area contributed by atoms with Crippen molar-refractivity contribution in [3.8, 4) is 28.5 Å². The third-order valence-corrected chi connectivity index (χ3v) is 7.72. The van der Waals surface area contributed by atoms with Gasteiger partial charge in [0.05, 0.1) is 11.3 Å². The summed E-state index contributed by atoms with van der Waals surface area (Å²) in [6.07, 6.45) is 5.42. The van der Waals surface area contributed by atoms with Crippen LogP contribution in [0.1, 0.15) is 79.7 Å². The molecule has 2 atom stereocenters. The largest absolute Gasteiger partial charge is 0.507 e. The van der Waals surface area contributed by atoms with Crippen molar-refractivity contribution in [3.63, 3.8) is 0 Å². The Morgan fingerprint density at radius 2 is 1.73 bits per heavy atom. The van der Waals surface area contributed by atoms with Crippen molar-refractivity contribution in [2.75, 3.05) is 0 Å². The number of ether oxygens (including phenoxy) is 1. The number of phenols is 1. The molecule has 0 radical (unpaired) electrons. The zero-order valence-corrected chi connectivity index (χ0v) is 22.7. The Hall–Kier alpha value is -3.38. The number of nitrogens with zero attached hydrogens (tertiary/aromatic N) is 2. The molecule has 1 amide bonds. The molecule has 1 aliphatic rings. The van der Waals surface area contributed by atoms with Crippen molar-refractivity contribution in [2.45, 2.75) is 85.4 Å². The van der Waals surface area contributed by atoms with Gasteiger partial charge >= 0.3 is 0 Å². The Bertz CT molecular complexity index is 1250. The van der Waals surface area contributed by atoms with Crippen LogP contribution in [0.2, 0.25) is 0 Å². The van der Waals surface area contributed by atoms with E-state index in [9.17, 15) is 9.90 Å². The lowest BCUT2D eigenvalue weighted by molar-refractivity contribution is 0.0941. The summed E-state index contributed by atoms with van der Waals surface area (Å²) in [6, 6.07) is 14.0. The number of hydrogen-bond acceptors (Lipinski definition) is 5. The molecule has 0 spiro atoms. The summed E-state index contributed by atoms with van der Waals surface area (Å²) in [5.74, 6) is 0.287. The smallest absolute Gasteiger partial charge is 0.252 e. The maximum atomic E-state index is 11.6. The highest BCUT2D eigenvalue weighted by molar-refractivity contribution is 5.95. The van der Waals surface area contributed by atoms with Crippen LogP contribution in [0.5, 0.6) is 17.2 Å². The molecule has 196 valence electrons. The van der Waals surface area contributed by atoms with Crippen molar-refractivity contribution in [3.05, 3.63) is 70.4 Å². The standard InChI is InChI=1S/C31H39N3O3/c1-6-22-12-9-13-23(7-2)30(22)27-17-29(37-24-14-15-25(31(32)36)28(35)16-24)26(21(5)33-27)18-34-19(3)10-8-11-20(34)4/h9,12-17,19-20,35H,6-8,10-11,18H2,1-5H3,(H2,32,36)/t19-,20+. The van der Waals surface area contributed by atoms with E-state index < -0.39 is 5.91 Å². The van der Waals surface area contributed by atoms with Gasteiger partial charge in [-0.25, -0.2) is 0 Å². The summed E-state index contributed by atoms with van der Waals surface area (Å²) in [5.41, 5.74) is 12.0. The molecule has 0 saturated carbocycles. The first-order valence-corrected chi connectivity index (χ1v) is 13.4. The van der Waals surface area contributed by atoms with Gasteiger partial charge in [-0.2, -0.15) is 0 Å². The predicted octanol–water partition coefficient (Wildman–Crippen LogP) is 6.54. The fourth-order valence-electron chi connectivity index (χ4n) is 5.53. The summed E-state index contributed by atoms with van der Waals surface area (Å²) in [5, 5.41) is 10.4. The molecular weight excluding hydrogens is 462 g/mol. The maximum absolute atomic E-state index is 11.6. The van der Waals surface area contributed by atoms with E-state index in [1.54, 1.807) is 6.07 Å². The Morgan fingerprint density at radius 3 is 2.30 bits per heavy atom. The Labute approximate surface area is 220 Å². The van der Waals surface area contributed by atoms with Crippen LogP contribution in [0, 0.1) is 6.92 Å². The molecule has 1 aromatic heterocycles. The lowest BCUT2D eigenvalue weighted by Gasteiger charge is -2.39. The van der Waals surface area contributed by atoms with E-state index in [0.717, 1.165) is 36.3 Å². The molecule has 3 aromatic rings. The molecule has 1 aliphatic heterocycles. The lowest BCUT2D eigenvalue weighted by Crippen LogP contribution is -2.43. The van der Waals surface area contributed by atoms with Crippen LogP contribution < -0.4 is 10.5 Å². The average Bonchev–Trinajstić information content (AvgIpc) is 2.86. The maximum Gasteiger partial charge on any atom is 0.252 e. The van der Waals surface area contributed by atoms with Gasteiger partial charge in [-0.05, 0) is 69.7 Å². The van der Waals surface area contributed by atoms with Gasteiger partial charge < -0.3 is 15.6 Å². The fraction of sp³-hybridized carbons (Fsp3) is 0.419. The van der Waals surface area contributed by atoms with Crippen LogP contribution in [-0.2, 0) is 19.4 Å². The Kier molecular flexibility index (Phi) is 8.18. The molecule has 0 bridgehead atoms. The second kappa shape index (κ2) is 11.3. The van der Waals surface area contributed by atoms with E-state index in [4.69, 9.17) is 15.5 Å². The van der Waals surface area contributed by atoms with Crippen molar-refractivity contribution in [2.24, 2.45) is 5.73 Å². The first-order valence-electron chi connectivity index (χ1n) is 13.4. The molecule has 1 fully saturated rings. The van der Waals surface area contributed by atoms with Gasteiger partial charge in [0.15, 0.2) is 0 Å². The van der Waals surface area contributed by atoms with Gasteiger partial charge in [0, 0.05) is 47.6 Å². The van der Waals surface area contributed by atoms with Crippen LogP contribution in [0.3, 0.4) is 0 Å². The van der Waals surface area contributed by atoms with E-state index in [1.165, 1.54) is 48.1 Å². The number of amides is 1. The second-order valence-corrected chi connectivity index (χ2v) is 10.2. The summed E-state index contributed by atoms with van der Waals surface area (Å²) in [7, 11) is 0. The molecule has 0 unspecified atom stereocenters. The van der Waals surface area contributed by atoms with Crippen LogP contribution in [0.25, 0.3) is 11.3 Å². The number of primary amides is 1. The van der Waals surface area contributed by atoms with Gasteiger partial charge in [0.1, 0.15) is 17.2 Å². The fourth-order valence-corrected chi connectivity index (χ4v) is 5.53. The zero-order chi connectivity index (χ0) is 26.7. The first kappa shape index (κ1) is 26.7. The number of aromatic hydroxyl groups is 1.